The summed E-state index contributed by atoms with van der Waals surface area (Å²) in [5.41, 5.74) is 6.90. The topological polar surface area (TPSA) is 43.8 Å². The van der Waals surface area contributed by atoms with Gasteiger partial charge < -0.3 is 10.3 Å². The molecule has 84 valence electrons. The minimum atomic E-state index is 0.655. The standard InChI is InChI=1S/C13H17N3/c14-8-6-13-15-9-11-16(13)10-7-12-4-2-1-3-5-12/h1-5,9,11H,6-8,10,14H2. The molecular weight excluding hydrogens is 198 g/mol. The SMILES string of the molecule is NCCc1nccn1CCc1ccccc1. The van der Waals surface area contributed by atoms with Gasteiger partial charge in [0.15, 0.2) is 0 Å². The molecule has 0 atom stereocenters. The van der Waals surface area contributed by atoms with E-state index in [1.807, 2.05) is 18.5 Å². The third-order valence-corrected chi connectivity index (χ3v) is 2.65. The molecule has 1 aromatic heterocycles. The molecule has 0 aliphatic rings. The molecular formula is C13H17N3. The fourth-order valence-electron chi connectivity index (χ4n) is 1.80. The van der Waals surface area contributed by atoms with E-state index in [-0.39, 0.29) is 0 Å². The molecule has 0 unspecified atom stereocenters. The number of hydrogen-bond donors (Lipinski definition) is 1. The predicted molar refractivity (Wildman–Crippen MR) is 65.1 cm³/mol. The molecule has 0 radical (unpaired) electrons. The van der Waals surface area contributed by atoms with Crippen molar-refractivity contribution in [2.75, 3.05) is 6.54 Å². The Morgan fingerprint density at radius 2 is 1.94 bits per heavy atom. The Balaban J connectivity index is 1.97. The molecule has 2 aromatic rings. The van der Waals surface area contributed by atoms with Crippen molar-refractivity contribution >= 4 is 0 Å². The lowest BCUT2D eigenvalue weighted by Gasteiger charge is -2.06. The molecule has 0 amide bonds. The van der Waals surface area contributed by atoms with E-state index in [4.69, 9.17) is 5.73 Å². The van der Waals surface area contributed by atoms with Crippen LogP contribution in [0.1, 0.15) is 11.4 Å². The number of rotatable bonds is 5. The van der Waals surface area contributed by atoms with Crippen LogP contribution in [0.4, 0.5) is 0 Å². The Morgan fingerprint density at radius 1 is 1.12 bits per heavy atom. The fraction of sp³-hybridized carbons (Fsp3) is 0.308. The van der Waals surface area contributed by atoms with Gasteiger partial charge in [-0.2, -0.15) is 0 Å². The second kappa shape index (κ2) is 5.47. The Labute approximate surface area is 95.9 Å². The van der Waals surface area contributed by atoms with Gasteiger partial charge in [0, 0.05) is 25.4 Å². The van der Waals surface area contributed by atoms with E-state index in [9.17, 15) is 0 Å². The van der Waals surface area contributed by atoms with Gasteiger partial charge in [-0.1, -0.05) is 30.3 Å². The second-order valence-electron chi connectivity index (χ2n) is 3.81. The number of nitrogens with two attached hydrogens (primary N) is 1. The molecule has 2 N–H and O–H groups in total. The molecule has 1 aromatic carbocycles. The van der Waals surface area contributed by atoms with Gasteiger partial charge in [-0.15, -0.1) is 0 Å². The van der Waals surface area contributed by atoms with Gasteiger partial charge in [-0.25, -0.2) is 4.98 Å². The number of aromatic nitrogens is 2. The van der Waals surface area contributed by atoms with E-state index in [1.165, 1.54) is 5.56 Å². The van der Waals surface area contributed by atoms with Gasteiger partial charge in [-0.3, -0.25) is 0 Å². The van der Waals surface area contributed by atoms with E-state index >= 15 is 0 Å². The van der Waals surface area contributed by atoms with Gasteiger partial charge in [0.05, 0.1) is 0 Å². The minimum absolute atomic E-state index is 0.655. The molecule has 0 aliphatic carbocycles. The van der Waals surface area contributed by atoms with E-state index in [0.29, 0.717) is 6.54 Å². The van der Waals surface area contributed by atoms with Gasteiger partial charge in [0.2, 0.25) is 0 Å². The molecule has 3 heteroatoms. The third-order valence-electron chi connectivity index (χ3n) is 2.65. The highest BCUT2D eigenvalue weighted by Gasteiger charge is 2.01. The van der Waals surface area contributed by atoms with Crippen LogP contribution in [0.15, 0.2) is 42.7 Å². The molecule has 0 saturated heterocycles. The van der Waals surface area contributed by atoms with Crippen molar-refractivity contribution in [2.24, 2.45) is 5.73 Å². The van der Waals surface area contributed by atoms with Crippen molar-refractivity contribution in [3.05, 3.63) is 54.1 Å². The summed E-state index contributed by atoms with van der Waals surface area (Å²) >= 11 is 0. The van der Waals surface area contributed by atoms with E-state index in [0.717, 1.165) is 25.2 Å². The Hall–Kier alpha value is -1.61. The smallest absolute Gasteiger partial charge is 0.109 e. The maximum absolute atomic E-state index is 5.54. The summed E-state index contributed by atoms with van der Waals surface area (Å²) in [4.78, 5) is 4.30. The highest BCUT2D eigenvalue weighted by atomic mass is 15.1. The summed E-state index contributed by atoms with van der Waals surface area (Å²) in [6.07, 6.45) is 5.75. The van der Waals surface area contributed by atoms with Gasteiger partial charge in [0.25, 0.3) is 0 Å². The predicted octanol–water partition coefficient (Wildman–Crippen LogP) is 1.63. The van der Waals surface area contributed by atoms with E-state index in [2.05, 4.69) is 33.8 Å². The van der Waals surface area contributed by atoms with Crippen molar-refractivity contribution in [3.63, 3.8) is 0 Å². The molecule has 0 fully saturated rings. The average molecular weight is 215 g/mol. The highest BCUT2D eigenvalue weighted by molar-refractivity contribution is 5.14. The van der Waals surface area contributed by atoms with Crippen LogP contribution in [-0.4, -0.2) is 16.1 Å². The normalized spacial score (nSPS) is 10.6. The first-order valence-electron chi connectivity index (χ1n) is 5.64. The molecule has 0 aliphatic heterocycles. The van der Waals surface area contributed by atoms with Crippen molar-refractivity contribution < 1.29 is 0 Å². The lowest BCUT2D eigenvalue weighted by molar-refractivity contribution is 0.648. The molecule has 16 heavy (non-hydrogen) atoms. The highest BCUT2D eigenvalue weighted by Crippen LogP contribution is 2.04. The molecule has 0 bridgehead atoms. The van der Waals surface area contributed by atoms with Crippen LogP contribution in [0.3, 0.4) is 0 Å². The Morgan fingerprint density at radius 3 is 2.69 bits per heavy atom. The first-order valence-corrected chi connectivity index (χ1v) is 5.64. The lowest BCUT2D eigenvalue weighted by atomic mass is 10.1. The molecule has 3 nitrogen and oxygen atoms in total. The number of imidazole rings is 1. The largest absolute Gasteiger partial charge is 0.335 e. The first-order chi connectivity index (χ1) is 7.90. The zero-order chi connectivity index (χ0) is 11.2. The zero-order valence-corrected chi connectivity index (χ0v) is 9.34. The summed E-state index contributed by atoms with van der Waals surface area (Å²) in [7, 11) is 0. The number of benzene rings is 1. The van der Waals surface area contributed by atoms with Crippen molar-refractivity contribution in [1.82, 2.24) is 9.55 Å². The summed E-state index contributed by atoms with van der Waals surface area (Å²) in [5.74, 6) is 1.08. The van der Waals surface area contributed by atoms with Crippen molar-refractivity contribution in [2.45, 2.75) is 19.4 Å². The molecule has 0 spiro atoms. The first kappa shape index (κ1) is 10.9. The third kappa shape index (κ3) is 2.70. The van der Waals surface area contributed by atoms with Gasteiger partial charge >= 0.3 is 0 Å². The number of nitrogens with zero attached hydrogens (tertiary/aromatic N) is 2. The van der Waals surface area contributed by atoms with E-state index in [1.54, 1.807) is 0 Å². The van der Waals surface area contributed by atoms with Crippen LogP contribution in [-0.2, 0) is 19.4 Å². The molecule has 0 saturated carbocycles. The van der Waals surface area contributed by atoms with Crippen LogP contribution in [0.5, 0.6) is 0 Å². The van der Waals surface area contributed by atoms with Crippen LogP contribution in [0, 0.1) is 0 Å². The Kier molecular flexibility index (Phi) is 3.72. The van der Waals surface area contributed by atoms with Crippen LogP contribution in [0.2, 0.25) is 0 Å². The van der Waals surface area contributed by atoms with E-state index < -0.39 is 0 Å². The molecule has 2 rings (SSSR count). The van der Waals surface area contributed by atoms with Gasteiger partial charge in [0.1, 0.15) is 5.82 Å². The minimum Gasteiger partial charge on any atom is -0.335 e. The van der Waals surface area contributed by atoms with Gasteiger partial charge in [-0.05, 0) is 18.5 Å². The maximum atomic E-state index is 5.54. The Bertz CT molecular complexity index is 420. The number of hydrogen-bond acceptors (Lipinski definition) is 2. The quantitative estimate of drug-likeness (QED) is 0.823. The monoisotopic (exact) mass is 215 g/mol. The van der Waals surface area contributed by atoms with Crippen molar-refractivity contribution in [1.29, 1.82) is 0 Å². The van der Waals surface area contributed by atoms with Crippen LogP contribution in [0.25, 0.3) is 0 Å². The van der Waals surface area contributed by atoms with Crippen LogP contribution < -0.4 is 5.73 Å². The van der Waals surface area contributed by atoms with Crippen LogP contribution >= 0.6 is 0 Å². The second-order valence-corrected chi connectivity index (χ2v) is 3.81. The average Bonchev–Trinajstić information content (AvgIpc) is 2.76. The van der Waals surface area contributed by atoms with Crippen molar-refractivity contribution in [3.8, 4) is 0 Å². The molecule has 1 heterocycles. The summed E-state index contributed by atoms with van der Waals surface area (Å²) in [6.45, 7) is 1.63. The summed E-state index contributed by atoms with van der Waals surface area (Å²) in [6, 6.07) is 10.5. The summed E-state index contributed by atoms with van der Waals surface area (Å²) in [5, 5.41) is 0. The summed E-state index contributed by atoms with van der Waals surface area (Å²) < 4.78 is 2.18. The lowest BCUT2D eigenvalue weighted by Crippen LogP contribution is -2.10. The fourth-order valence-corrected chi connectivity index (χ4v) is 1.80. The number of aryl methyl sites for hydroxylation is 2. The maximum Gasteiger partial charge on any atom is 0.109 e. The zero-order valence-electron chi connectivity index (χ0n) is 9.34.